The van der Waals surface area contributed by atoms with Crippen molar-refractivity contribution in [2.75, 3.05) is 39.1 Å². The minimum absolute atomic E-state index is 0.0222. The van der Waals surface area contributed by atoms with Crippen LogP contribution in [0, 0.1) is 15.5 Å². The minimum atomic E-state index is -0.395. The Morgan fingerprint density at radius 2 is 1.96 bits per heavy atom. The molecule has 140 valence electrons. The van der Waals surface area contributed by atoms with Crippen molar-refractivity contribution < 1.29 is 9.66 Å². The van der Waals surface area contributed by atoms with E-state index in [2.05, 4.69) is 41.7 Å². The molecule has 1 unspecified atom stereocenters. The normalized spacial score (nSPS) is 13.2. The van der Waals surface area contributed by atoms with Gasteiger partial charge in [0, 0.05) is 39.9 Å². The molecule has 0 saturated heterocycles. The zero-order chi connectivity index (χ0) is 18.9. The third kappa shape index (κ3) is 6.96. The Morgan fingerprint density at radius 3 is 2.52 bits per heavy atom. The lowest BCUT2D eigenvalue weighted by Crippen LogP contribution is -2.46. The Morgan fingerprint density at radius 1 is 1.28 bits per heavy atom. The summed E-state index contributed by atoms with van der Waals surface area (Å²) in [4.78, 5) is 14.8. The first-order valence-corrected chi connectivity index (χ1v) is 8.24. The van der Waals surface area contributed by atoms with Crippen LogP contribution < -0.4 is 16.0 Å². The largest absolute Gasteiger partial charge is 0.379 e. The maximum absolute atomic E-state index is 11.0. The smallest absolute Gasteiger partial charge is 0.292 e. The average molecular weight is 351 g/mol. The lowest BCUT2D eigenvalue weighted by atomic mass is 9.89. The molecule has 8 nitrogen and oxygen atoms in total. The number of rotatable bonds is 8. The van der Waals surface area contributed by atoms with Crippen LogP contribution in [0.2, 0.25) is 0 Å². The van der Waals surface area contributed by atoms with Crippen molar-refractivity contribution in [3.8, 4) is 0 Å². The van der Waals surface area contributed by atoms with E-state index in [4.69, 9.17) is 4.74 Å². The van der Waals surface area contributed by atoms with Crippen molar-refractivity contribution in [1.29, 1.82) is 0 Å². The molecule has 0 spiro atoms. The van der Waals surface area contributed by atoms with Crippen molar-refractivity contribution in [3.05, 3.63) is 34.4 Å². The Bertz CT molecular complexity index is 584. The number of guanidine groups is 1. The van der Waals surface area contributed by atoms with Gasteiger partial charge in [-0.3, -0.25) is 15.1 Å². The number of anilines is 1. The van der Waals surface area contributed by atoms with Crippen molar-refractivity contribution in [3.63, 3.8) is 0 Å². The molecular formula is C17H29N5O3. The van der Waals surface area contributed by atoms with E-state index in [9.17, 15) is 10.1 Å². The summed E-state index contributed by atoms with van der Waals surface area (Å²) < 4.78 is 5.51. The number of methoxy groups -OCH3 is 1. The highest BCUT2D eigenvalue weighted by Gasteiger charge is 2.24. The SMILES string of the molecule is CN=C(NCCNc1ccccc1[N+](=O)[O-])NCC(OC)C(C)(C)C. The number of nitro benzene ring substituents is 1. The van der Waals surface area contributed by atoms with E-state index in [0.29, 0.717) is 31.3 Å². The number of nitrogens with one attached hydrogen (secondary N) is 3. The first kappa shape index (κ1) is 20.7. The summed E-state index contributed by atoms with van der Waals surface area (Å²) >= 11 is 0. The number of para-hydroxylation sites is 2. The van der Waals surface area contributed by atoms with Gasteiger partial charge in [0.2, 0.25) is 0 Å². The number of nitro groups is 1. The van der Waals surface area contributed by atoms with Gasteiger partial charge in [-0.2, -0.15) is 0 Å². The number of nitrogens with zero attached hydrogens (tertiary/aromatic N) is 2. The quantitative estimate of drug-likeness (QED) is 0.218. The number of aliphatic imine (C=N–C) groups is 1. The summed E-state index contributed by atoms with van der Waals surface area (Å²) in [5, 5.41) is 20.4. The van der Waals surface area contributed by atoms with Gasteiger partial charge in [0.1, 0.15) is 5.69 Å². The van der Waals surface area contributed by atoms with E-state index >= 15 is 0 Å². The molecule has 25 heavy (non-hydrogen) atoms. The van der Waals surface area contributed by atoms with Crippen molar-refractivity contribution in [1.82, 2.24) is 10.6 Å². The molecule has 0 saturated carbocycles. The highest BCUT2D eigenvalue weighted by Crippen LogP contribution is 2.22. The van der Waals surface area contributed by atoms with Gasteiger partial charge in [-0.25, -0.2) is 0 Å². The molecule has 0 aliphatic carbocycles. The van der Waals surface area contributed by atoms with E-state index < -0.39 is 4.92 Å². The van der Waals surface area contributed by atoms with Gasteiger partial charge in [0.05, 0.1) is 11.0 Å². The predicted molar refractivity (Wildman–Crippen MR) is 101 cm³/mol. The molecular weight excluding hydrogens is 322 g/mol. The van der Waals surface area contributed by atoms with Crippen LogP contribution in [0.5, 0.6) is 0 Å². The van der Waals surface area contributed by atoms with E-state index in [1.807, 2.05) is 0 Å². The Balaban J connectivity index is 2.43. The van der Waals surface area contributed by atoms with Gasteiger partial charge >= 0.3 is 0 Å². The highest BCUT2D eigenvalue weighted by atomic mass is 16.6. The van der Waals surface area contributed by atoms with E-state index in [-0.39, 0.29) is 17.2 Å². The molecule has 1 aromatic carbocycles. The molecule has 1 aromatic rings. The molecule has 8 heteroatoms. The second-order valence-electron chi connectivity index (χ2n) is 6.67. The molecule has 0 aromatic heterocycles. The zero-order valence-corrected chi connectivity index (χ0v) is 15.6. The maximum Gasteiger partial charge on any atom is 0.292 e. The van der Waals surface area contributed by atoms with Crippen LogP contribution in [0.1, 0.15) is 20.8 Å². The number of benzene rings is 1. The third-order valence-electron chi connectivity index (χ3n) is 3.76. The third-order valence-corrected chi connectivity index (χ3v) is 3.76. The molecule has 0 bridgehead atoms. The lowest BCUT2D eigenvalue weighted by molar-refractivity contribution is -0.384. The number of ether oxygens (including phenoxy) is 1. The number of hydrogen-bond donors (Lipinski definition) is 3. The van der Waals surface area contributed by atoms with Crippen LogP contribution in [-0.4, -0.2) is 50.8 Å². The molecule has 0 fully saturated rings. The fourth-order valence-electron chi connectivity index (χ4n) is 2.31. The molecule has 3 N–H and O–H groups in total. The molecule has 0 heterocycles. The lowest BCUT2D eigenvalue weighted by Gasteiger charge is -2.30. The second kappa shape index (κ2) is 9.83. The molecule has 1 rings (SSSR count). The Labute approximate surface area is 149 Å². The monoisotopic (exact) mass is 351 g/mol. The van der Waals surface area contributed by atoms with Crippen LogP contribution >= 0.6 is 0 Å². The van der Waals surface area contributed by atoms with Crippen molar-refractivity contribution in [2.45, 2.75) is 26.9 Å². The second-order valence-corrected chi connectivity index (χ2v) is 6.67. The average Bonchev–Trinajstić information content (AvgIpc) is 2.56. The summed E-state index contributed by atoms with van der Waals surface area (Å²) in [6, 6.07) is 6.58. The van der Waals surface area contributed by atoms with Gasteiger partial charge in [0.15, 0.2) is 5.96 Å². The Kier molecular flexibility index (Phi) is 8.13. The van der Waals surface area contributed by atoms with Gasteiger partial charge in [-0.1, -0.05) is 32.9 Å². The number of hydrogen-bond acceptors (Lipinski definition) is 5. The standard InChI is InChI=1S/C17H29N5O3/c1-17(2,3)15(25-5)12-21-16(18-4)20-11-10-19-13-8-6-7-9-14(13)22(23)24/h6-9,15,19H,10-12H2,1-5H3,(H2,18,20,21). The molecule has 0 aliphatic rings. The highest BCUT2D eigenvalue weighted by molar-refractivity contribution is 5.79. The topological polar surface area (TPSA) is 101 Å². The van der Waals surface area contributed by atoms with Crippen molar-refractivity contribution >= 4 is 17.3 Å². The van der Waals surface area contributed by atoms with E-state index in [1.165, 1.54) is 6.07 Å². The summed E-state index contributed by atoms with van der Waals surface area (Å²) in [6.07, 6.45) is 0.0520. The summed E-state index contributed by atoms with van der Waals surface area (Å²) in [7, 11) is 3.40. The fraction of sp³-hybridized carbons (Fsp3) is 0.588. The van der Waals surface area contributed by atoms with Gasteiger partial charge in [-0.15, -0.1) is 0 Å². The zero-order valence-electron chi connectivity index (χ0n) is 15.6. The van der Waals surface area contributed by atoms with E-state index in [0.717, 1.165) is 0 Å². The van der Waals surface area contributed by atoms with Crippen LogP contribution in [0.3, 0.4) is 0 Å². The van der Waals surface area contributed by atoms with Crippen LogP contribution in [-0.2, 0) is 4.74 Å². The van der Waals surface area contributed by atoms with E-state index in [1.54, 1.807) is 32.4 Å². The summed E-state index contributed by atoms with van der Waals surface area (Å²) in [6.45, 7) is 8.09. The minimum Gasteiger partial charge on any atom is -0.379 e. The molecule has 1 atom stereocenters. The summed E-state index contributed by atoms with van der Waals surface area (Å²) in [5.41, 5.74) is 0.594. The maximum atomic E-state index is 11.0. The Hall–Kier alpha value is -2.35. The van der Waals surface area contributed by atoms with Gasteiger partial charge in [0.25, 0.3) is 5.69 Å². The first-order valence-electron chi connectivity index (χ1n) is 8.24. The van der Waals surface area contributed by atoms with Crippen molar-refractivity contribution in [2.24, 2.45) is 10.4 Å². The first-order chi connectivity index (χ1) is 11.8. The molecule has 0 aliphatic heterocycles. The predicted octanol–water partition coefficient (Wildman–Crippen LogP) is 2.23. The molecule has 0 radical (unpaired) electrons. The van der Waals surface area contributed by atoms with Crippen LogP contribution in [0.4, 0.5) is 11.4 Å². The van der Waals surface area contributed by atoms with Crippen LogP contribution in [0.25, 0.3) is 0 Å². The van der Waals surface area contributed by atoms with Gasteiger partial charge in [-0.05, 0) is 11.5 Å². The van der Waals surface area contributed by atoms with Crippen LogP contribution in [0.15, 0.2) is 29.3 Å². The summed E-state index contributed by atoms with van der Waals surface area (Å²) in [5.74, 6) is 0.663. The molecule has 0 amide bonds. The van der Waals surface area contributed by atoms with Gasteiger partial charge < -0.3 is 20.7 Å². The fourth-order valence-corrected chi connectivity index (χ4v) is 2.31.